The van der Waals surface area contributed by atoms with Gasteiger partial charge in [-0.05, 0) is 64.8 Å². The van der Waals surface area contributed by atoms with Crippen LogP contribution in [-0.2, 0) is 20.5 Å². The number of nitrogens with zero attached hydrogens (tertiary/aromatic N) is 3. The molecule has 1 aromatic carbocycles. The third-order valence-electron chi connectivity index (χ3n) is 6.36. The zero-order valence-corrected chi connectivity index (χ0v) is 23.5. The number of alkyl halides is 3. The average Bonchev–Trinajstić information content (AvgIpc) is 2.85. The Balaban J connectivity index is 1.70. The number of esters is 1. The first-order valence-electron chi connectivity index (χ1n) is 12.9. The Morgan fingerprint density at radius 3 is 2.59 bits per heavy atom. The number of carbonyl (C=O) groups is 2. The summed E-state index contributed by atoms with van der Waals surface area (Å²) in [4.78, 5) is 34.0. The van der Waals surface area contributed by atoms with Gasteiger partial charge < -0.3 is 31.1 Å². The number of halogens is 5. The van der Waals surface area contributed by atoms with E-state index < -0.39 is 53.1 Å². The maximum Gasteiger partial charge on any atom is 0.416 e. The molecule has 1 fully saturated rings. The second kappa shape index (κ2) is 13.1. The van der Waals surface area contributed by atoms with Crippen LogP contribution in [0.1, 0.15) is 45.6 Å². The summed E-state index contributed by atoms with van der Waals surface area (Å²) in [7, 11) is 0. The molecule has 1 aliphatic heterocycles. The molecule has 5 N–H and O–H groups in total. The van der Waals surface area contributed by atoms with Crippen LogP contribution in [0.3, 0.4) is 0 Å². The Labute approximate surface area is 239 Å². The van der Waals surface area contributed by atoms with E-state index in [4.69, 9.17) is 22.1 Å². The fourth-order valence-electron chi connectivity index (χ4n) is 4.49. The smallest absolute Gasteiger partial charge is 0.416 e. The molecule has 0 unspecified atom stereocenters. The van der Waals surface area contributed by atoms with Crippen LogP contribution in [0.2, 0.25) is 5.02 Å². The van der Waals surface area contributed by atoms with E-state index in [1.165, 1.54) is 6.07 Å². The molecule has 15 heteroatoms. The second-order valence-electron chi connectivity index (χ2n) is 10.7. The quantitative estimate of drug-likeness (QED) is 0.176. The Morgan fingerprint density at radius 2 is 1.95 bits per heavy atom. The normalized spacial score (nSPS) is 18.6. The molecule has 1 aromatic heterocycles. The van der Waals surface area contributed by atoms with Gasteiger partial charge in [0.25, 0.3) is 0 Å². The fourth-order valence-corrected chi connectivity index (χ4v) is 4.73. The van der Waals surface area contributed by atoms with E-state index in [1.807, 2.05) is 0 Å². The number of nitrogens with two attached hydrogens (primary N) is 1. The number of carboxylic acids is 1. The maximum atomic E-state index is 14.5. The van der Waals surface area contributed by atoms with Crippen LogP contribution in [0.4, 0.5) is 34.9 Å². The Kier molecular flexibility index (Phi) is 10.2. The predicted octanol–water partition coefficient (Wildman–Crippen LogP) is 4.34. The lowest BCUT2D eigenvalue weighted by Gasteiger charge is -2.38. The van der Waals surface area contributed by atoms with Crippen molar-refractivity contribution in [2.75, 3.05) is 35.6 Å². The van der Waals surface area contributed by atoms with E-state index in [1.54, 1.807) is 25.7 Å². The zero-order chi connectivity index (χ0) is 30.5. The van der Waals surface area contributed by atoms with Gasteiger partial charge in [0.15, 0.2) is 11.6 Å². The highest BCUT2D eigenvalue weighted by atomic mass is 35.5. The molecule has 0 amide bonds. The Bertz CT molecular complexity index is 1240. The van der Waals surface area contributed by atoms with E-state index in [-0.39, 0.29) is 54.8 Å². The topological polar surface area (TPSA) is 143 Å². The first kappa shape index (κ1) is 32.1. The highest BCUT2D eigenvalue weighted by molar-refractivity contribution is 6.31. The van der Waals surface area contributed by atoms with Gasteiger partial charge in [-0.25, -0.2) is 14.8 Å². The van der Waals surface area contributed by atoms with Crippen molar-refractivity contribution in [1.29, 1.82) is 0 Å². The first-order chi connectivity index (χ1) is 19.0. The van der Waals surface area contributed by atoms with Gasteiger partial charge in [-0.3, -0.25) is 4.79 Å². The van der Waals surface area contributed by atoms with E-state index in [9.17, 15) is 32.3 Å². The number of hydrogen-bond donors (Lipinski definition) is 4. The number of aromatic nitrogens is 2. The van der Waals surface area contributed by atoms with Gasteiger partial charge in [0, 0.05) is 29.8 Å². The number of piperidine rings is 1. The van der Waals surface area contributed by atoms with E-state index in [0.717, 1.165) is 18.5 Å². The van der Waals surface area contributed by atoms with Gasteiger partial charge in [0.1, 0.15) is 18.0 Å². The zero-order valence-electron chi connectivity index (χ0n) is 22.8. The summed E-state index contributed by atoms with van der Waals surface area (Å²) >= 11 is 5.90. The van der Waals surface area contributed by atoms with Crippen LogP contribution in [0.25, 0.3) is 0 Å². The van der Waals surface area contributed by atoms with Gasteiger partial charge in [-0.1, -0.05) is 11.6 Å². The molecule has 0 radical (unpaired) electrons. The van der Waals surface area contributed by atoms with Crippen molar-refractivity contribution in [2.24, 2.45) is 5.92 Å². The molecule has 3 atom stereocenters. The lowest BCUT2D eigenvalue weighted by atomic mass is 9.91. The summed E-state index contributed by atoms with van der Waals surface area (Å²) in [5.41, 5.74) is 3.73. The number of hydrogen-bond acceptors (Lipinski definition) is 9. The molecule has 3 rings (SSSR count). The predicted molar refractivity (Wildman–Crippen MR) is 145 cm³/mol. The molecule has 1 aliphatic rings. The number of benzene rings is 1. The number of ether oxygens (including phenoxy) is 1. The number of rotatable bonds is 10. The minimum Gasteiger partial charge on any atom is -0.481 e. The van der Waals surface area contributed by atoms with Crippen molar-refractivity contribution in [3.63, 3.8) is 0 Å². The minimum atomic E-state index is -4.64. The van der Waals surface area contributed by atoms with Crippen LogP contribution in [0.15, 0.2) is 24.5 Å². The summed E-state index contributed by atoms with van der Waals surface area (Å²) < 4.78 is 59.8. The minimum absolute atomic E-state index is 0.00587. The van der Waals surface area contributed by atoms with Gasteiger partial charge in [0.2, 0.25) is 5.82 Å². The SMILES string of the molecule is CC(C)(C)OC(=O)[C@@H](CCCN[C@H]1CN(c2ncnc(N)c2F)CC[C@@H]1C(=O)O)Nc1cc(Cl)cc(C(F)(F)F)c1. The summed E-state index contributed by atoms with van der Waals surface area (Å²) in [5, 5.41) is 15.5. The highest BCUT2D eigenvalue weighted by Gasteiger charge is 2.36. The molecule has 0 aliphatic carbocycles. The largest absolute Gasteiger partial charge is 0.481 e. The molecular formula is C26H33ClF4N6O4. The second-order valence-corrected chi connectivity index (χ2v) is 11.2. The summed E-state index contributed by atoms with van der Waals surface area (Å²) in [6.07, 6.45) is -2.83. The third kappa shape index (κ3) is 9.05. The van der Waals surface area contributed by atoms with Crippen LogP contribution in [0.5, 0.6) is 0 Å². The van der Waals surface area contributed by atoms with Crippen molar-refractivity contribution in [2.45, 2.75) is 63.9 Å². The van der Waals surface area contributed by atoms with E-state index in [2.05, 4.69) is 20.6 Å². The number of aliphatic carboxylic acids is 1. The standard InChI is InChI=1S/C26H33ClF4N6O4/c1-25(2,3)41-24(40)18(36-16-10-14(26(29,30)31)9-15(27)11-16)5-4-7-33-19-12-37(8-6-17(19)23(38)39)22-20(28)21(32)34-13-35-22/h9-11,13,17-19,33,36H,4-8,12H2,1-3H3,(H,38,39)(H2,32,34,35)/t17-,18+,19-/m0/s1. The molecular weight excluding hydrogens is 572 g/mol. The summed E-state index contributed by atoms with van der Waals surface area (Å²) in [5.74, 6) is -3.58. The van der Waals surface area contributed by atoms with Crippen molar-refractivity contribution in [1.82, 2.24) is 15.3 Å². The van der Waals surface area contributed by atoms with Gasteiger partial charge >= 0.3 is 18.1 Å². The average molecular weight is 605 g/mol. The monoisotopic (exact) mass is 604 g/mol. The molecule has 0 bridgehead atoms. The van der Waals surface area contributed by atoms with Crippen molar-refractivity contribution in [3.05, 3.63) is 40.9 Å². The molecule has 0 saturated carbocycles. The number of anilines is 3. The van der Waals surface area contributed by atoms with Gasteiger partial charge in [-0.2, -0.15) is 17.6 Å². The molecule has 10 nitrogen and oxygen atoms in total. The highest BCUT2D eigenvalue weighted by Crippen LogP contribution is 2.34. The molecule has 2 aromatic rings. The van der Waals surface area contributed by atoms with E-state index in [0.29, 0.717) is 6.42 Å². The van der Waals surface area contributed by atoms with E-state index >= 15 is 0 Å². The van der Waals surface area contributed by atoms with Crippen molar-refractivity contribution < 1.29 is 37.0 Å². The lowest BCUT2D eigenvalue weighted by molar-refractivity contribution is -0.156. The number of nitrogen functional groups attached to an aromatic ring is 1. The van der Waals surface area contributed by atoms with Crippen LogP contribution in [0, 0.1) is 11.7 Å². The Hall–Kier alpha value is -3.39. The van der Waals surface area contributed by atoms with Crippen molar-refractivity contribution >= 4 is 40.9 Å². The van der Waals surface area contributed by atoms with Gasteiger partial charge in [0.05, 0.1) is 11.5 Å². The summed E-state index contributed by atoms with van der Waals surface area (Å²) in [6, 6.07) is 1.31. The van der Waals surface area contributed by atoms with Gasteiger partial charge in [-0.15, -0.1) is 0 Å². The van der Waals surface area contributed by atoms with Crippen molar-refractivity contribution in [3.8, 4) is 0 Å². The number of nitrogens with one attached hydrogen (secondary N) is 2. The Morgan fingerprint density at radius 1 is 1.24 bits per heavy atom. The lowest BCUT2D eigenvalue weighted by Crippen LogP contribution is -2.54. The molecule has 1 saturated heterocycles. The maximum absolute atomic E-state index is 14.5. The van der Waals surface area contributed by atoms with Crippen LogP contribution < -0.4 is 21.3 Å². The molecule has 2 heterocycles. The van der Waals surface area contributed by atoms with Crippen LogP contribution >= 0.6 is 11.6 Å². The first-order valence-corrected chi connectivity index (χ1v) is 13.3. The summed E-state index contributed by atoms with van der Waals surface area (Å²) in [6.45, 7) is 5.62. The molecule has 226 valence electrons. The van der Waals surface area contributed by atoms with Crippen LogP contribution in [-0.4, -0.2) is 64.3 Å². The number of carbonyl (C=O) groups excluding carboxylic acids is 1. The fraction of sp³-hybridized carbons (Fsp3) is 0.538. The molecule has 0 spiro atoms. The third-order valence-corrected chi connectivity index (χ3v) is 6.58. The number of carboxylic acid groups (broad SMARTS) is 1. The molecule has 41 heavy (non-hydrogen) atoms.